The lowest BCUT2D eigenvalue weighted by molar-refractivity contribution is -0.150. The Bertz CT molecular complexity index is 468. The highest BCUT2D eigenvalue weighted by Crippen LogP contribution is 2.40. The van der Waals surface area contributed by atoms with E-state index in [9.17, 15) is 9.59 Å². The molecule has 1 aromatic carbocycles. The van der Waals surface area contributed by atoms with Crippen molar-refractivity contribution in [3.8, 4) is 0 Å². The van der Waals surface area contributed by atoms with Crippen LogP contribution in [0.15, 0.2) is 30.3 Å². The van der Waals surface area contributed by atoms with Gasteiger partial charge in [-0.15, -0.1) is 0 Å². The first-order valence-corrected chi connectivity index (χ1v) is 6.19. The van der Waals surface area contributed by atoms with Crippen LogP contribution in [0.25, 0.3) is 0 Å². The number of carboxylic acid groups (broad SMARTS) is 1. The molecule has 0 radical (unpaired) electrons. The molecule has 5 nitrogen and oxygen atoms in total. The minimum atomic E-state index is -0.870. The van der Waals surface area contributed by atoms with Gasteiger partial charge in [0.1, 0.15) is 12.1 Å². The molecular weight excluding hydrogens is 246 g/mol. The molecule has 0 bridgehead atoms. The number of carbonyl (C=O) groups is 2. The molecular formula is C14H17NO4. The van der Waals surface area contributed by atoms with E-state index in [2.05, 4.69) is 0 Å². The highest BCUT2D eigenvalue weighted by Gasteiger charge is 2.54. The first-order valence-electron chi connectivity index (χ1n) is 6.19. The van der Waals surface area contributed by atoms with E-state index in [0.717, 1.165) is 5.56 Å². The van der Waals surface area contributed by atoms with Gasteiger partial charge in [0.2, 0.25) is 0 Å². The quantitative estimate of drug-likeness (QED) is 0.783. The largest absolute Gasteiger partial charge is 0.480 e. The minimum Gasteiger partial charge on any atom is -0.480 e. The predicted molar refractivity (Wildman–Crippen MR) is 68.5 cm³/mol. The van der Waals surface area contributed by atoms with Crippen molar-refractivity contribution >= 4 is 11.9 Å². The van der Waals surface area contributed by atoms with Gasteiger partial charge in [-0.3, -0.25) is 14.5 Å². The Kier molecular flexibility index (Phi) is 3.85. The number of aliphatic carboxylic acids is 1. The summed E-state index contributed by atoms with van der Waals surface area (Å²) in [4.78, 5) is 24.3. The van der Waals surface area contributed by atoms with Gasteiger partial charge in [-0.2, -0.15) is 0 Å². The number of rotatable bonds is 6. The molecule has 0 amide bonds. The van der Waals surface area contributed by atoms with E-state index in [1.807, 2.05) is 30.3 Å². The number of ether oxygens (including phenoxy) is 1. The normalized spacial score (nSPS) is 16.1. The number of hydrogen-bond acceptors (Lipinski definition) is 4. The molecule has 102 valence electrons. The van der Waals surface area contributed by atoms with Crippen LogP contribution in [0.5, 0.6) is 0 Å². The van der Waals surface area contributed by atoms with E-state index in [4.69, 9.17) is 9.84 Å². The Morgan fingerprint density at radius 1 is 1.32 bits per heavy atom. The summed E-state index contributed by atoms with van der Waals surface area (Å²) < 4.78 is 5.13. The van der Waals surface area contributed by atoms with Gasteiger partial charge in [0.25, 0.3) is 0 Å². The van der Waals surface area contributed by atoms with E-state index in [1.165, 1.54) is 0 Å². The number of carboxylic acids is 1. The zero-order valence-corrected chi connectivity index (χ0v) is 10.8. The van der Waals surface area contributed by atoms with Crippen LogP contribution in [0.2, 0.25) is 0 Å². The van der Waals surface area contributed by atoms with Crippen molar-refractivity contribution in [2.75, 3.05) is 13.6 Å². The number of nitrogens with zero attached hydrogens (tertiary/aromatic N) is 1. The molecule has 19 heavy (non-hydrogen) atoms. The van der Waals surface area contributed by atoms with Crippen molar-refractivity contribution < 1.29 is 19.4 Å². The van der Waals surface area contributed by atoms with Gasteiger partial charge in [0, 0.05) is 0 Å². The predicted octanol–water partition coefficient (Wildman–Crippen LogP) is 1.28. The van der Waals surface area contributed by atoms with Gasteiger partial charge in [-0.1, -0.05) is 30.3 Å². The topological polar surface area (TPSA) is 66.8 Å². The maximum absolute atomic E-state index is 11.7. The number of carbonyl (C=O) groups excluding carboxylic acids is 1. The molecule has 0 atom stereocenters. The van der Waals surface area contributed by atoms with Crippen LogP contribution in [0.1, 0.15) is 18.4 Å². The van der Waals surface area contributed by atoms with Crippen molar-refractivity contribution in [1.82, 2.24) is 4.90 Å². The van der Waals surface area contributed by atoms with E-state index in [1.54, 1.807) is 11.9 Å². The molecule has 1 aliphatic rings. The second kappa shape index (κ2) is 5.40. The Balaban J connectivity index is 1.80. The summed E-state index contributed by atoms with van der Waals surface area (Å²) in [7, 11) is 1.64. The fourth-order valence-electron chi connectivity index (χ4n) is 2.01. The molecule has 1 fully saturated rings. The van der Waals surface area contributed by atoms with Crippen LogP contribution in [0.3, 0.4) is 0 Å². The smallest absolute Gasteiger partial charge is 0.324 e. The van der Waals surface area contributed by atoms with Crippen LogP contribution < -0.4 is 0 Å². The van der Waals surface area contributed by atoms with Gasteiger partial charge < -0.3 is 9.84 Å². The average molecular weight is 263 g/mol. The van der Waals surface area contributed by atoms with Gasteiger partial charge >= 0.3 is 11.9 Å². The van der Waals surface area contributed by atoms with Gasteiger partial charge in [-0.05, 0) is 25.5 Å². The zero-order chi connectivity index (χ0) is 13.9. The SMILES string of the molecule is CN(CC(=O)OCc1ccccc1)C1(C(=O)O)CC1. The molecule has 1 aliphatic carbocycles. The first kappa shape index (κ1) is 13.5. The highest BCUT2D eigenvalue weighted by molar-refractivity contribution is 5.83. The van der Waals surface area contributed by atoms with Crippen LogP contribution in [-0.2, 0) is 20.9 Å². The van der Waals surface area contributed by atoms with Crippen molar-refractivity contribution in [3.63, 3.8) is 0 Å². The molecule has 0 unspecified atom stereocenters. The van der Waals surface area contributed by atoms with Gasteiger partial charge in [0.05, 0.1) is 6.54 Å². The molecule has 0 spiro atoms. The lowest BCUT2D eigenvalue weighted by atomic mass is 10.2. The monoisotopic (exact) mass is 263 g/mol. The van der Waals surface area contributed by atoms with Gasteiger partial charge in [-0.25, -0.2) is 0 Å². The molecule has 0 saturated heterocycles. The summed E-state index contributed by atoms with van der Waals surface area (Å²) >= 11 is 0. The number of esters is 1. The van der Waals surface area contributed by atoms with E-state index < -0.39 is 17.5 Å². The Morgan fingerprint density at radius 2 is 1.95 bits per heavy atom. The molecule has 1 saturated carbocycles. The van der Waals surface area contributed by atoms with Crippen molar-refractivity contribution in [2.24, 2.45) is 0 Å². The summed E-state index contributed by atoms with van der Waals surface area (Å²) in [5.74, 6) is -1.27. The van der Waals surface area contributed by atoms with Crippen molar-refractivity contribution in [3.05, 3.63) is 35.9 Å². The average Bonchev–Trinajstić information content (AvgIpc) is 3.19. The van der Waals surface area contributed by atoms with Crippen LogP contribution in [-0.4, -0.2) is 41.1 Å². The molecule has 2 rings (SSSR count). The molecule has 0 aromatic heterocycles. The first-order chi connectivity index (χ1) is 9.04. The summed E-state index contributed by atoms with van der Waals surface area (Å²) in [5, 5.41) is 9.10. The third-order valence-electron chi connectivity index (χ3n) is 3.46. The Hall–Kier alpha value is -1.88. The molecule has 0 aliphatic heterocycles. The summed E-state index contributed by atoms with van der Waals surface area (Å²) in [5.41, 5.74) is 0.0593. The zero-order valence-electron chi connectivity index (χ0n) is 10.8. The van der Waals surface area contributed by atoms with Gasteiger partial charge in [0.15, 0.2) is 0 Å². The summed E-state index contributed by atoms with van der Waals surface area (Å²) in [6.45, 7) is 0.215. The maximum Gasteiger partial charge on any atom is 0.324 e. The number of hydrogen-bond donors (Lipinski definition) is 1. The summed E-state index contributed by atoms with van der Waals surface area (Å²) in [6.07, 6.45) is 1.18. The van der Waals surface area contributed by atoms with Crippen molar-refractivity contribution in [2.45, 2.75) is 25.0 Å². The number of likely N-dealkylation sites (N-methyl/N-ethyl adjacent to an activating group) is 1. The fraction of sp³-hybridized carbons (Fsp3) is 0.429. The number of benzene rings is 1. The van der Waals surface area contributed by atoms with E-state index in [0.29, 0.717) is 12.8 Å². The van der Waals surface area contributed by atoms with Crippen LogP contribution in [0, 0.1) is 0 Å². The molecule has 5 heteroatoms. The second-order valence-corrected chi connectivity index (χ2v) is 4.84. The third kappa shape index (κ3) is 3.12. The van der Waals surface area contributed by atoms with E-state index >= 15 is 0 Å². The standard InChI is InChI=1S/C14H17NO4/c1-15(14(7-8-14)13(17)18)9-12(16)19-10-11-5-3-2-4-6-11/h2-6H,7-10H2,1H3,(H,17,18). The molecule has 1 aromatic rings. The lowest BCUT2D eigenvalue weighted by Gasteiger charge is -2.22. The van der Waals surface area contributed by atoms with Crippen LogP contribution in [0.4, 0.5) is 0 Å². The van der Waals surface area contributed by atoms with Crippen molar-refractivity contribution in [1.29, 1.82) is 0 Å². The fourth-order valence-corrected chi connectivity index (χ4v) is 2.01. The second-order valence-electron chi connectivity index (χ2n) is 4.84. The van der Waals surface area contributed by atoms with E-state index in [-0.39, 0.29) is 13.2 Å². The molecule has 0 heterocycles. The highest BCUT2D eigenvalue weighted by atomic mass is 16.5. The Morgan fingerprint density at radius 3 is 2.47 bits per heavy atom. The van der Waals surface area contributed by atoms with Crippen LogP contribution >= 0.6 is 0 Å². The third-order valence-corrected chi connectivity index (χ3v) is 3.46. The maximum atomic E-state index is 11.7. The summed E-state index contributed by atoms with van der Waals surface area (Å²) in [6, 6.07) is 9.38. The Labute approximate surface area is 111 Å². The lowest BCUT2D eigenvalue weighted by Crippen LogP contribution is -2.43. The minimum absolute atomic E-state index is 0.000860. The molecule has 1 N–H and O–H groups in total.